The summed E-state index contributed by atoms with van der Waals surface area (Å²) in [6.07, 6.45) is 0. The van der Waals surface area contributed by atoms with Gasteiger partial charge in [0.25, 0.3) is 5.91 Å². The van der Waals surface area contributed by atoms with Crippen molar-refractivity contribution in [2.45, 2.75) is 0 Å². The van der Waals surface area contributed by atoms with Gasteiger partial charge in [0.15, 0.2) is 0 Å². The lowest BCUT2D eigenvalue weighted by atomic mass is 10.3. The van der Waals surface area contributed by atoms with Crippen molar-refractivity contribution in [3.05, 3.63) is 0 Å². The summed E-state index contributed by atoms with van der Waals surface area (Å²) in [5.74, 6) is -0.390. The molecule has 0 saturated heterocycles. The first-order chi connectivity index (χ1) is 4.74. The molecule has 1 rings (SSSR count). The van der Waals surface area contributed by atoms with Crippen LogP contribution in [0.4, 0.5) is 0 Å². The lowest BCUT2D eigenvalue weighted by Gasteiger charge is -2.10. The number of aliphatic hydroxyl groups is 1. The summed E-state index contributed by atoms with van der Waals surface area (Å²) >= 11 is 4.66. The minimum atomic E-state index is -0.390. The molecule has 0 aliphatic carbocycles. The number of aliphatic hydroxyl groups excluding tert-OH is 1. The highest BCUT2D eigenvalue weighted by Gasteiger charge is 2.15. The molecule has 1 heterocycles. The number of nitrogens with zero attached hydrogens (tertiary/aromatic N) is 1. The largest absolute Gasteiger partial charge is 0.390 e. The van der Waals surface area contributed by atoms with Crippen LogP contribution >= 0.6 is 12.2 Å². The predicted molar refractivity (Wildman–Crippen MR) is 40.1 cm³/mol. The molecule has 0 bridgehead atoms. The van der Waals surface area contributed by atoms with Crippen LogP contribution in [-0.4, -0.2) is 34.9 Å². The van der Waals surface area contributed by atoms with Gasteiger partial charge in [-0.3, -0.25) is 9.79 Å². The fraction of sp³-hybridized carbons (Fsp3) is 0.400. The molecule has 0 saturated carbocycles. The number of hydrogen-bond donors (Lipinski definition) is 2. The lowest BCUT2D eigenvalue weighted by molar-refractivity contribution is -0.113. The van der Waals surface area contributed by atoms with Crippen molar-refractivity contribution in [3.8, 4) is 0 Å². The van der Waals surface area contributed by atoms with Crippen LogP contribution in [0.1, 0.15) is 0 Å². The third kappa shape index (κ3) is 1.37. The Morgan fingerprint density at radius 1 is 1.80 bits per heavy atom. The molecule has 1 aliphatic rings. The predicted octanol–water partition coefficient (Wildman–Crippen LogP) is -1.12. The highest BCUT2D eigenvalue weighted by Crippen LogP contribution is 1.89. The highest BCUT2D eigenvalue weighted by molar-refractivity contribution is 7.80. The Balaban J connectivity index is 2.75. The molecular weight excluding hydrogens is 152 g/mol. The number of carbonyl (C=O) groups excluding carboxylic acids is 1. The van der Waals surface area contributed by atoms with Gasteiger partial charge >= 0.3 is 0 Å². The number of nitrogens with one attached hydrogen (secondary N) is 1. The molecule has 10 heavy (non-hydrogen) atoms. The van der Waals surface area contributed by atoms with Gasteiger partial charge in [0.1, 0.15) is 10.7 Å². The molecule has 0 radical (unpaired) electrons. The van der Waals surface area contributed by atoms with Crippen molar-refractivity contribution >= 4 is 28.8 Å². The van der Waals surface area contributed by atoms with Crippen LogP contribution in [-0.2, 0) is 4.79 Å². The first-order valence-electron chi connectivity index (χ1n) is 2.72. The quantitative estimate of drug-likeness (QED) is 0.475. The number of thiocarbonyl (C=S) groups is 1. The Labute approximate surface area is 63.0 Å². The average molecular weight is 158 g/mol. The summed E-state index contributed by atoms with van der Waals surface area (Å²) in [6.45, 7) is -0.0224. The van der Waals surface area contributed by atoms with Crippen LogP contribution < -0.4 is 5.32 Å². The summed E-state index contributed by atoms with van der Waals surface area (Å²) in [6, 6.07) is 0. The summed E-state index contributed by atoms with van der Waals surface area (Å²) < 4.78 is 0. The SMILES string of the molecule is O=C1NC(=S)CN=C1CO. The molecule has 0 atom stereocenters. The molecule has 1 aliphatic heterocycles. The molecule has 54 valence electrons. The van der Waals surface area contributed by atoms with Crippen LogP contribution in [0.2, 0.25) is 0 Å². The monoisotopic (exact) mass is 158 g/mol. The highest BCUT2D eigenvalue weighted by atomic mass is 32.1. The summed E-state index contributed by atoms with van der Waals surface area (Å²) in [5, 5.41) is 10.9. The lowest BCUT2D eigenvalue weighted by Crippen LogP contribution is -2.42. The normalized spacial score (nSPS) is 18.3. The Morgan fingerprint density at radius 3 is 3.00 bits per heavy atom. The van der Waals surface area contributed by atoms with E-state index in [9.17, 15) is 4.79 Å². The van der Waals surface area contributed by atoms with E-state index in [0.29, 0.717) is 11.5 Å². The fourth-order valence-electron chi connectivity index (χ4n) is 0.599. The van der Waals surface area contributed by atoms with E-state index in [1.54, 1.807) is 0 Å². The fourth-order valence-corrected chi connectivity index (χ4v) is 0.756. The maximum atomic E-state index is 10.7. The molecule has 0 spiro atoms. The van der Waals surface area contributed by atoms with Crippen LogP contribution in [0.3, 0.4) is 0 Å². The first-order valence-corrected chi connectivity index (χ1v) is 3.13. The van der Waals surface area contributed by atoms with Gasteiger partial charge in [-0.1, -0.05) is 12.2 Å². The van der Waals surface area contributed by atoms with Crippen molar-refractivity contribution in [2.24, 2.45) is 4.99 Å². The Bertz CT molecular complexity index is 212. The number of amides is 1. The topological polar surface area (TPSA) is 61.7 Å². The number of carbonyl (C=O) groups is 1. The van der Waals surface area contributed by atoms with Crippen LogP contribution in [0.15, 0.2) is 4.99 Å². The molecule has 0 aromatic rings. The Hall–Kier alpha value is -0.810. The maximum absolute atomic E-state index is 10.7. The Kier molecular flexibility index (Phi) is 2.08. The summed E-state index contributed by atoms with van der Waals surface area (Å²) in [7, 11) is 0. The third-order valence-corrected chi connectivity index (χ3v) is 1.31. The minimum absolute atomic E-state index is 0.147. The van der Waals surface area contributed by atoms with Gasteiger partial charge in [-0.15, -0.1) is 0 Å². The van der Waals surface area contributed by atoms with Crippen molar-refractivity contribution in [2.75, 3.05) is 13.2 Å². The molecule has 1 amide bonds. The van der Waals surface area contributed by atoms with Gasteiger partial charge in [-0.2, -0.15) is 0 Å². The van der Waals surface area contributed by atoms with E-state index in [4.69, 9.17) is 5.11 Å². The molecule has 4 nitrogen and oxygen atoms in total. The van der Waals surface area contributed by atoms with Crippen molar-refractivity contribution in [1.29, 1.82) is 0 Å². The number of hydrogen-bond acceptors (Lipinski definition) is 4. The zero-order valence-corrected chi connectivity index (χ0v) is 5.94. The van der Waals surface area contributed by atoms with E-state index in [2.05, 4.69) is 22.5 Å². The molecular formula is C5H6N2O2S. The van der Waals surface area contributed by atoms with E-state index < -0.39 is 5.91 Å². The van der Waals surface area contributed by atoms with Crippen LogP contribution in [0, 0.1) is 0 Å². The van der Waals surface area contributed by atoms with Gasteiger partial charge < -0.3 is 10.4 Å². The smallest absolute Gasteiger partial charge is 0.272 e. The van der Waals surface area contributed by atoms with Crippen molar-refractivity contribution in [3.63, 3.8) is 0 Å². The van der Waals surface area contributed by atoms with Gasteiger partial charge in [-0.25, -0.2) is 0 Å². The zero-order chi connectivity index (χ0) is 7.56. The minimum Gasteiger partial charge on any atom is -0.390 e. The van der Waals surface area contributed by atoms with Gasteiger partial charge in [0, 0.05) is 0 Å². The van der Waals surface area contributed by atoms with Gasteiger partial charge in [-0.05, 0) is 0 Å². The molecule has 2 N–H and O–H groups in total. The first kappa shape index (κ1) is 7.30. The second-order valence-corrected chi connectivity index (χ2v) is 2.29. The Morgan fingerprint density at radius 2 is 2.50 bits per heavy atom. The zero-order valence-electron chi connectivity index (χ0n) is 5.13. The van der Waals surface area contributed by atoms with Crippen LogP contribution in [0.25, 0.3) is 0 Å². The molecule has 0 aromatic heterocycles. The van der Waals surface area contributed by atoms with Crippen LogP contribution in [0.5, 0.6) is 0 Å². The van der Waals surface area contributed by atoms with E-state index in [1.165, 1.54) is 0 Å². The van der Waals surface area contributed by atoms with Crippen molar-refractivity contribution < 1.29 is 9.90 Å². The molecule has 0 fully saturated rings. The number of aliphatic imine (C=N–C) groups is 1. The molecule has 0 aromatic carbocycles. The second-order valence-electron chi connectivity index (χ2n) is 1.80. The van der Waals surface area contributed by atoms with E-state index in [1.807, 2.05) is 0 Å². The average Bonchev–Trinajstić information content (AvgIpc) is 1.88. The van der Waals surface area contributed by atoms with Crippen molar-refractivity contribution in [1.82, 2.24) is 5.32 Å². The second kappa shape index (κ2) is 2.85. The van der Waals surface area contributed by atoms with E-state index >= 15 is 0 Å². The third-order valence-electron chi connectivity index (χ3n) is 1.08. The summed E-state index contributed by atoms with van der Waals surface area (Å²) in [5.41, 5.74) is 0.147. The van der Waals surface area contributed by atoms with E-state index in [-0.39, 0.29) is 12.3 Å². The van der Waals surface area contributed by atoms with E-state index in [0.717, 1.165) is 0 Å². The van der Waals surface area contributed by atoms with Gasteiger partial charge in [0.05, 0.1) is 13.2 Å². The standard InChI is InChI=1S/C5H6N2O2S/c8-2-3-5(9)7-4(10)1-6-3/h8H,1-2H2,(H,7,9,10). The van der Waals surface area contributed by atoms with Gasteiger partial charge in [0.2, 0.25) is 0 Å². The molecule has 0 unspecified atom stereocenters. The maximum Gasteiger partial charge on any atom is 0.272 e. The molecule has 5 heteroatoms. The number of rotatable bonds is 1. The summed E-state index contributed by atoms with van der Waals surface area (Å²) in [4.78, 5) is 14.9.